The van der Waals surface area contributed by atoms with Crippen LogP contribution in [0.15, 0.2) is 41.3 Å². The third kappa shape index (κ3) is 2.12. The molecule has 0 aliphatic heterocycles. The lowest BCUT2D eigenvalue weighted by molar-refractivity contribution is 0.598. The molecule has 18 heavy (non-hydrogen) atoms. The van der Waals surface area contributed by atoms with Crippen LogP contribution >= 0.6 is 0 Å². The Morgan fingerprint density at radius 2 is 2.17 bits per heavy atom. The molecule has 1 N–H and O–H groups in total. The smallest absolute Gasteiger partial charge is 0.164 e. The van der Waals surface area contributed by atoms with Gasteiger partial charge >= 0.3 is 0 Å². The molecule has 0 radical (unpaired) electrons. The Kier molecular flexibility index (Phi) is 2.82. The van der Waals surface area contributed by atoms with Crippen molar-refractivity contribution in [1.29, 1.82) is 0 Å². The summed E-state index contributed by atoms with van der Waals surface area (Å²) in [5.41, 5.74) is 2.08. The summed E-state index contributed by atoms with van der Waals surface area (Å²) >= 11 is 0. The van der Waals surface area contributed by atoms with Crippen LogP contribution in [-0.2, 0) is 20.1 Å². The second-order valence-corrected chi connectivity index (χ2v) is 4.20. The molecule has 0 fully saturated rings. The summed E-state index contributed by atoms with van der Waals surface area (Å²) in [6.45, 7) is 1.40. The maximum atomic E-state index is 5.48. The molecule has 92 valence electrons. The Morgan fingerprint density at radius 1 is 1.28 bits per heavy atom. The molecule has 0 saturated heterocycles. The molecular weight excluding hydrogens is 228 g/mol. The van der Waals surface area contributed by atoms with Crippen molar-refractivity contribution in [3.8, 4) is 0 Å². The molecule has 2 heterocycles. The highest BCUT2D eigenvalue weighted by atomic mass is 16.3. The topological polar surface area (TPSA) is 55.9 Å². The molecule has 1 aromatic carbocycles. The fourth-order valence-electron chi connectivity index (χ4n) is 1.94. The lowest BCUT2D eigenvalue weighted by Crippen LogP contribution is -2.13. The summed E-state index contributed by atoms with van der Waals surface area (Å²) in [6.07, 6.45) is 3.49. The predicted molar refractivity (Wildman–Crippen MR) is 67.8 cm³/mol. The number of aryl methyl sites for hydroxylation is 1. The zero-order valence-corrected chi connectivity index (χ0v) is 10.1. The highest BCUT2D eigenvalue weighted by Gasteiger charge is 2.05. The van der Waals surface area contributed by atoms with E-state index in [1.807, 2.05) is 25.2 Å². The minimum atomic E-state index is 0.653. The molecule has 3 rings (SSSR count). The molecule has 0 aliphatic carbocycles. The SMILES string of the molecule is Cn1cnc(CNCc2coc3ccccc23)n1. The van der Waals surface area contributed by atoms with Crippen LogP contribution in [-0.4, -0.2) is 14.8 Å². The van der Waals surface area contributed by atoms with E-state index in [1.165, 1.54) is 0 Å². The molecule has 0 spiro atoms. The molecular formula is C13H14N4O. The predicted octanol–water partition coefficient (Wildman–Crippen LogP) is 1.85. The van der Waals surface area contributed by atoms with E-state index in [-0.39, 0.29) is 0 Å². The number of furan rings is 1. The Balaban J connectivity index is 1.66. The molecule has 0 bridgehead atoms. The molecule has 2 aromatic heterocycles. The number of fused-ring (bicyclic) bond motifs is 1. The van der Waals surface area contributed by atoms with Gasteiger partial charge in [0.15, 0.2) is 5.82 Å². The van der Waals surface area contributed by atoms with Gasteiger partial charge in [-0.05, 0) is 6.07 Å². The first-order valence-corrected chi connectivity index (χ1v) is 5.83. The van der Waals surface area contributed by atoms with E-state index in [2.05, 4.69) is 21.5 Å². The summed E-state index contributed by atoms with van der Waals surface area (Å²) in [7, 11) is 1.86. The third-order valence-corrected chi connectivity index (χ3v) is 2.81. The zero-order valence-electron chi connectivity index (χ0n) is 10.1. The van der Waals surface area contributed by atoms with Gasteiger partial charge in [-0.25, -0.2) is 4.98 Å². The molecule has 0 saturated carbocycles. The van der Waals surface area contributed by atoms with Crippen molar-refractivity contribution in [3.05, 3.63) is 48.2 Å². The number of rotatable bonds is 4. The monoisotopic (exact) mass is 242 g/mol. The van der Waals surface area contributed by atoms with E-state index < -0.39 is 0 Å². The van der Waals surface area contributed by atoms with Crippen LogP contribution in [0, 0.1) is 0 Å². The summed E-state index contributed by atoms with van der Waals surface area (Å²) in [6, 6.07) is 8.02. The van der Waals surface area contributed by atoms with Crippen molar-refractivity contribution in [3.63, 3.8) is 0 Å². The summed E-state index contributed by atoms with van der Waals surface area (Å²) in [4.78, 5) is 4.16. The number of nitrogens with zero attached hydrogens (tertiary/aromatic N) is 3. The van der Waals surface area contributed by atoms with Gasteiger partial charge in [-0.15, -0.1) is 0 Å². The van der Waals surface area contributed by atoms with Gasteiger partial charge in [-0.3, -0.25) is 4.68 Å². The number of hydrogen-bond acceptors (Lipinski definition) is 4. The van der Waals surface area contributed by atoms with Gasteiger partial charge in [-0.1, -0.05) is 18.2 Å². The van der Waals surface area contributed by atoms with Crippen molar-refractivity contribution in [2.24, 2.45) is 7.05 Å². The number of hydrogen-bond donors (Lipinski definition) is 1. The van der Waals surface area contributed by atoms with Gasteiger partial charge in [0.25, 0.3) is 0 Å². The van der Waals surface area contributed by atoms with Crippen LogP contribution in [0.5, 0.6) is 0 Å². The van der Waals surface area contributed by atoms with Gasteiger partial charge in [-0.2, -0.15) is 5.10 Å². The van der Waals surface area contributed by atoms with Crippen molar-refractivity contribution in [2.75, 3.05) is 0 Å². The summed E-state index contributed by atoms with van der Waals surface area (Å²) < 4.78 is 7.18. The summed E-state index contributed by atoms with van der Waals surface area (Å²) in [5, 5.41) is 8.67. The second kappa shape index (κ2) is 4.62. The van der Waals surface area contributed by atoms with Crippen LogP contribution in [0.25, 0.3) is 11.0 Å². The Hall–Kier alpha value is -2.14. The van der Waals surface area contributed by atoms with Gasteiger partial charge in [0, 0.05) is 24.5 Å². The van der Waals surface area contributed by atoms with E-state index in [4.69, 9.17) is 4.42 Å². The van der Waals surface area contributed by atoms with E-state index >= 15 is 0 Å². The van der Waals surface area contributed by atoms with Crippen molar-refractivity contribution >= 4 is 11.0 Å². The molecule has 0 unspecified atom stereocenters. The number of nitrogens with one attached hydrogen (secondary N) is 1. The zero-order chi connectivity index (χ0) is 12.4. The molecule has 0 amide bonds. The van der Waals surface area contributed by atoms with Crippen LogP contribution < -0.4 is 5.32 Å². The maximum Gasteiger partial charge on any atom is 0.164 e. The minimum Gasteiger partial charge on any atom is -0.464 e. The quantitative estimate of drug-likeness (QED) is 0.758. The highest BCUT2D eigenvalue weighted by molar-refractivity contribution is 5.80. The lowest BCUT2D eigenvalue weighted by Gasteiger charge is -1.99. The normalized spacial score (nSPS) is 11.2. The van der Waals surface area contributed by atoms with Crippen molar-refractivity contribution in [2.45, 2.75) is 13.1 Å². The van der Waals surface area contributed by atoms with Gasteiger partial charge in [0.05, 0.1) is 12.8 Å². The Bertz CT molecular complexity index is 656. The number of para-hydroxylation sites is 1. The average Bonchev–Trinajstić information content (AvgIpc) is 2.97. The lowest BCUT2D eigenvalue weighted by atomic mass is 10.2. The third-order valence-electron chi connectivity index (χ3n) is 2.81. The van der Waals surface area contributed by atoms with Crippen molar-refractivity contribution in [1.82, 2.24) is 20.1 Å². The second-order valence-electron chi connectivity index (χ2n) is 4.20. The average molecular weight is 242 g/mol. The Labute approximate surface area is 104 Å². The van der Waals surface area contributed by atoms with Crippen LogP contribution in [0.3, 0.4) is 0 Å². The first-order valence-electron chi connectivity index (χ1n) is 5.83. The minimum absolute atomic E-state index is 0.653. The molecule has 5 heteroatoms. The molecule has 5 nitrogen and oxygen atoms in total. The van der Waals surface area contributed by atoms with E-state index in [0.717, 1.165) is 28.9 Å². The fraction of sp³-hybridized carbons (Fsp3) is 0.231. The first kappa shape index (κ1) is 11.0. The van der Waals surface area contributed by atoms with Gasteiger partial charge in [0.2, 0.25) is 0 Å². The van der Waals surface area contributed by atoms with E-state index in [1.54, 1.807) is 17.3 Å². The van der Waals surface area contributed by atoms with Crippen LogP contribution in [0.1, 0.15) is 11.4 Å². The van der Waals surface area contributed by atoms with Crippen LogP contribution in [0.2, 0.25) is 0 Å². The van der Waals surface area contributed by atoms with Crippen molar-refractivity contribution < 1.29 is 4.42 Å². The number of aromatic nitrogens is 3. The van der Waals surface area contributed by atoms with E-state index in [9.17, 15) is 0 Å². The Morgan fingerprint density at radius 3 is 3.00 bits per heavy atom. The van der Waals surface area contributed by atoms with Crippen LogP contribution in [0.4, 0.5) is 0 Å². The highest BCUT2D eigenvalue weighted by Crippen LogP contribution is 2.20. The standard InChI is InChI=1S/C13H14N4O/c1-17-9-15-13(16-17)7-14-6-10-8-18-12-5-3-2-4-11(10)12/h2-5,8-9,14H,6-7H2,1H3. The van der Waals surface area contributed by atoms with E-state index in [0.29, 0.717) is 6.54 Å². The number of benzene rings is 1. The maximum absolute atomic E-state index is 5.48. The van der Waals surface area contributed by atoms with Gasteiger partial charge in [0.1, 0.15) is 11.9 Å². The van der Waals surface area contributed by atoms with Gasteiger partial charge < -0.3 is 9.73 Å². The molecule has 0 atom stereocenters. The first-order chi connectivity index (χ1) is 8.83. The molecule has 0 aliphatic rings. The fourth-order valence-corrected chi connectivity index (χ4v) is 1.94. The largest absolute Gasteiger partial charge is 0.464 e. The molecule has 3 aromatic rings. The summed E-state index contributed by atoms with van der Waals surface area (Å²) in [5.74, 6) is 0.797.